The molecule has 1 aromatic heterocycles. The monoisotopic (exact) mass is 470 g/mol. The highest BCUT2D eigenvalue weighted by molar-refractivity contribution is 7.13. The Balaban J connectivity index is 1.28. The molecule has 1 aliphatic heterocycles. The molecule has 0 aliphatic carbocycles. The van der Waals surface area contributed by atoms with Gasteiger partial charge < -0.3 is 15.1 Å². The van der Waals surface area contributed by atoms with E-state index in [1.165, 1.54) is 22.8 Å². The van der Waals surface area contributed by atoms with Crippen molar-refractivity contribution >= 4 is 44.8 Å². The van der Waals surface area contributed by atoms with Crippen LogP contribution in [0.15, 0.2) is 72.8 Å². The van der Waals surface area contributed by atoms with Gasteiger partial charge in [-0.15, -0.1) is 0 Å². The first kappa shape index (κ1) is 22.1. The Morgan fingerprint density at radius 2 is 1.82 bits per heavy atom. The van der Waals surface area contributed by atoms with Gasteiger partial charge in [0.05, 0.1) is 4.70 Å². The summed E-state index contributed by atoms with van der Waals surface area (Å²) in [6.07, 6.45) is 0. The standard InChI is InChI=1S/C27H26N4O2S/c1-18-7-5-10-22(15-18)31-14-13-30(17-19(31)2)27(33)20-8-6-9-21(16-20)28-26(32)25-23-11-3-4-12-24(23)34-29-25/h3-12,15-16,19H,13-14,17H2,1-2H3,(H,28,32). The number of hydrogen-bond acceptors (Lipinski definition) is 5. The maximum absolute atomic E-state index is 13.3. The van der Waals surface area contributed by atoms with Crippen LogP contribution in [0.25, 0.3) is 10.1 Å². The van der Waals surface area contributed by atoms with Gasteiger partial charge >= 0.3 is 0 Å². The lowest BCUT2D eigenvalue weighted by Gasteiger charge is -2.41. The van der Waals surface area contributed by atoms with Crippen molar-refractivity contribution in [1.29, 1.82) is 0 Å². The first-order valence-electron chi connectivity index (χ1n) is 11.4. The van der Waals surface area contributed by atoms with Gasteiger partial charge in [-0.05, 0) is 67.3 Å². The highest BCUT2D eigenvalue weighted by Crippen LogP contribution is 2.25. The van der Waals surface area contributed by atoms with Crippen LogP contribution in [0.4, 0.5) is 11.4 Å². The van der Waals surface area contributed by atoms with E-state index in [4.69, 9.17) is 0 Å². The number of anilines is 2. The van der Waals surface area contributed by atoms with E-state index >= 15 is 0 Å². The number of piperazine rings is 1. The van der Waals surface area contributed by atoms with Gasteiger partial charge in [-0.3, -0.25) is 9.59 Å². The molecule has 7 heteroatoms. The van der Waals surface area contributed by atoms with Gasteiger partial charge in [-0.25, -0.2) is 0 Å². The number of aromatic nitrogens is 1. The smallest absolute Gasteiger partial charge is 0.276 e. The fraction of sp³-hybridized carbons (Fsp3) is 0.222. The molecule has 2 heterocycles. The lowest BCUT2D eigenvalue weighted by molar-refractivity contribution is 0.0726. The normalized spacial score (nSPS) is 16.0. The molecule has 1 fully saturated rings. The van der Waals surface area contributed by atoms with Crippen molar-refractivity contribution in [3.8, 4) is 0 Å². The summed E-state index contributed by atoms with van der Waals surface area (Å²) < 4.78 is 5.29. The van der Waals surface area contributed by atoms with Crippen molar-refractivity contribution in [3.63, 3.8) is 0 Å². The number of amides is 2. The van der Waals surface area contributed by atoms with Crippen molar-refractivity contribution < 1.29 is 9.59 Å². The number of benzene rings is 3. The Kier molecular flexibility index (Phi) is 6.02. The van der Waals surface area contributed by atoms with E-state index in [2.05, 4.69) is 52.7 Å². The molecule has 1 saturated heterocycles. The number of hydrogen-bond donors (Lipinski definition) is 1. The van der Waals surface area contributed by atoms with Gasteiger partial charge in [-0.1, -0.05) is 36.4 Å². The molecule has 34 heavy (non-hydrogen) atoms. The third-order valence-electron chi connectivity index (χ3n) is 6.21. The van der Waals surface area contributed by atoms with Crippen LogP contribution in [0.2, 0.25) is 0 Å². The molecule has 0 saturated carbocycles. The third kappa shape index (κ3) is 4.39. The summed E-state index contributed by atoms with van der Waals surface area (Å²) in [7, 11) is 0. The van der Waals surface area contributed by atoms with Crippen LogP contribution in [0.3, 0.4) is 0 Å². The SMILES string of the molecule is Cc1cccc(N2CCN(C(=O)c3cccc(NC(=O)c4nsc5ccccc45)c3)CC2C)c1. The molecule has 0 radical (unpaired) electrons. The summed E-state index contributed by atoms with van der Waals surface area (Å²) >= 11 is 1.30. The van der Waals surface area contributed by atoms with E-state index in [0.29, 0.717) is 30.0 Å². The zero-order valence-corrected chi connectivity index (χ0v) is 20.0. The third-order valence-corrected chi connectivity index (χ3v) is 7.03. The van der Waals surface area contributed by atoms with Gasteiger partial charge in [0.25, 0.3) is 11.8 Å². The van der Waals surface area contributed by atoms with Gasteiger partial charge in [0.2, 0.25) is 0 Å². The van der Waals surface area contributed by atoms with Crippen molar-refractivity contribution in [1.82, 2.24) is 9.27 Å². The average Bonchev–Trinajstić information content (AvgIpc) is 3.28. The minimum Gasteiger partial charge on any atom is -0.365 e. The number of aryl methyl sites for hydroxylation is 1. The van der Waals surface area contributed by atoms with Crippen molar-refractivity contribution in [2.45, 2.75) is 19.9 Å². The fourth-order valence-electron chi connectivity index (χ4n) is 4.48. The summed E-state index contributed by atoms with van der Waals surface area (Å²) in [5, 5.41) is 3.73. The van der Waals surface area contributed by atoms with Crippen molar-refractivity contribution in [2.75, 3.05) is 29.9 Å². The van der Waals surface area contributed by atoms with Gasteiger partial charge in [0.1, 0.15) is 5.69 Å². The first-order valence-corrected chi connectivity index (χ1v) is 12.2. The number of rotatable bonds is 4. The van der Waals surface area contributed by atoms with Crippen molar-refractivity contribution in [3.05, 3.63) is 89.6 Å². The number of fused-ring (bicyclic) bond motifs is 1. The Morgan fingerprint density at radius 3 is 2.65 bits per heavy atom. The lowest BCUT2D eigenvalue weighted by atomic mass is 10.1. The second-order valence-electron chi connectivity index (χ2n) is 8.69. The minimum atomic E-state index is -0.276. The van der Waals surface area contributed by atoms with Crippen LogP contribution >= 0.6 is 11.5 Å². The Morgan fingerprint density at radius 1 is 1.00 bits per heavy atom. The summed E-state index contributed by atoms with van der Waals surface area (Å²) in [6.45, 7) is 6.32. The molecule has 6 nitrogen and oxygen atoms in total. The van der Waals surface area contributed by atoms with Crippen LogP contribution in [-0.4, -0.2) is 46.8 Å². The summed E-state index contributed by atoms with van der Waals surface area (Å²) in [5.41, 5.74) is 3.97. The number of carbonyl (C=O) groups excluding carboxylic acids is 2. The number of nitrogens with one attached hydrogen (secondary N) is 1. The summed E-state index contributed by atoms with van der Waals surface area (Å²) in [6, 6.07) is 23.5. The number of carbonyl (C=O) groups is 2. The van der Waals surface area contributed by atoms with Crippen LogP contribution < -0.4 is 10.2 Å². The van der Waals surface area contributed by atoms with E-state index < -0.39 is 0 Å². The quantitative estimate of drug-likeness (QED) is 0.445. The molecule has 4 aromatic rings. The molecule has 3 aromatic carbocycles. The second kappa shape index (κ2) is 9.27. The molecule has 1 atom stereocenters. The molecule has 0 spiro atoms. The largest absolute Gasteiger partial charge is 0.365 e. The van der Waals surface area contributed by atoms with Gasteiger partial charge in [-0.2, -0.15) is 4.37 Å². The van der Waals surface area contributed by atoms with Gasteiger partial charge in [0, 0.05) is 48.0 Å². The molecular formula is C27H26N4O2S. The topological polar surface area (TPSA) is 65.5 Å². The minimum absolute atomic E-state index is 0.0223. The first-order chi connectivity index (χ1) is 16.5. The highest BCUT2D eigenvalue weighted by atomic mass is 32.1. The average molecular weight is 471 g/mol. The van der Waals surface area contributed by atoms with Crippen LogP contribution in [-0.2, 0) is 0 Å². The van der Waals surface area contributed by atoms with E-state index in [-0.39, 0.29) is 17.9 Å². The Hall–Kier alpha value is -3.71. The lowest BCUT2D eigenvalue weighted by Crippen LogP contribution is -2.53. The van der Waals surface area contributed by atoms with E-state index in [1.807, 2.05) is 29.2 Å². The molecule has 1 N–H and O–H groups in total. The molecule has 0 bridgehead atoms. The maximum Gasteiger partial charge on any atom is 0.276 e. The summed E-state index contributed by atoms with van der Waals surface area (Å²) in [4.78, 5) is 30.4. The fourth-order valence-corrected chi connectivity index (χ4v) is 5.26. The molecule has 1 unspecified atom stereocenters. The molecule has 1 aliphatic rings. The van der Waals surface area contributed by atoms with E-state index in [9.17, 15) is 9.59 Å². The molecule has 5 rings (SSSR count). The Bertz CT molecular complexity index is 1370. The Labute approximate surface area is 203 Å². The van der Waals surface area contributed by atoms with E-state index in [1.54, 1.807) is 24.3 Å². The molecule has 172 valence electrons. The second-order valence-corrected chi connectivity index (χ2v) is 9.50. The zero-order valence-electron chi connectivity index (χ0n) is 19.2. The summed E-state index contributed by atoms with van der Waals surface area (Å²) in [5.74, 6) is -0.298. The predicted molar refractivity (Wildman–Crippen MR) is 138 cm³/mol. The zero-order chi connectivity index (χ0) is 23.7. The van der Waals surface area contributed by atoms with Crippen molar-refractivity contribution in [2.24, 2.45) is 0 Å². The molecule has 2 amide bonds. The predicted octanol–water partition coefficient (Wildman–Crippen LogP) is 5.21. The molecular weight excluding hydrogens is 444 g/mol. The number of nitrogens with zero attached hydrogens (tertiary/aromatic N) is 3. The van der Waals surface area contributed by atoms with E-state index in [0.717, 1.165) is 16.6 Å². The maximum atomic E-state index is 13.3. The van der Waals surface area contributed by atoms with Crippen LogP contribution in [0.1, 0.15) is 33.3 Å². The highest BCUT2D eigenvalue weighted by Gasteiger charge is 2.27. The van der Waals surface area contributed by atoms with Crippen LogP contribution in [0, 0.1) is 6.92 Å². The van der Waals surface area contributed by atoms with Gasteiger partial charge in [0.15, 0.2) is 0 Å². The van der Waals surface area contributed by atoms with Crippen LogP contribution in [0.5, 0.6) is 0 Å².